The number of carbonyl (C=O) groups is 1. The molecule has 1 aromatic heterocycles. The van der Waals surface area contributed by atoms with Crippen molar-refractivity contribution >= 4 is 16.0 Å². The van der Waals surface area contributed by atoms with Crippen LogP contribution in [0.15, 0.2) is 27.7 Å². The average molecular weight is 422 g/mol. The number of benzene rings is 1. The van der Waals surface area contributed by atoms with Gasteiger partial charge < -0.3 is 13.9 Å². The van der Waals surface area contributed by atoms with Crippen molar-refractivity contribution < 1.29 is 27.1 Å². The Morgan fingerprint density at radius 1 is 1.28 bits per heavy atom. The van der Waals surface area contributed by atoms with Gasteiger partial charge in [-0.2, -0.15) is 0 Å². The van der Waals surface area contributed by atoms with Crippen LogP contribution in [0, 0.1) is 19.8 Å². The first-order chi connectivity index (χ1) is 13.8. The molecule has 1 fully saturated rings. The average Bonchev–Trinajstić information content (AvgIpc) is 3.36. The van der Waals surface area contributed by atoms with Gasteiger partial charge in [-0.1, -0.05) is 0 Å². The highest BCUT2D eigenvalue weighted by Crippen LogP contribution is 2.39. The number of ether oxygens (including phenoxy) is 2. The molecule has 0 amide bonds. The number of furan rings is 1. The number of aryl methyl sites for hydroxylation is 1. The van der Waals surface area contributed by atoms with Gasteiger partial charge in [0.1, 0.15) is 17.8 Å². The fourth-order valence-corrected chi connectivity index (χ4v) is 4.95. The highest BCUT2D eigenvalue weighted by molar-refractivity contribution is 7.89. The van der Waals surface area contributed by atoms with E-state index in [-0.39, 0.29) is 23.6 Å². The molecule has 29 heavy (non-hydrogen) atoms. The highest BCUT2D eigenvalue weighted by atomic mass is 32.2. The summed E-state index contributed by atoms with van der Waals surface area (Å²) >= 11 is 0. The minimum Gasteiger partial charge on any atom is -0.496 e. The lowest BCUT2D eigenvalue weighted by molar-refractivity contribution is 0.0525. The molecule has 1 aliphatic rings. The molecule has 0 radical (unpaired) electrons. The third kappa shape index (κ3) is 4.82. The number of hydrogen-bond acceptors (Lipinski definition) is 6. The third-order valence-electron chi connectivity index (χ3n) is 5.08. The molecule has 8 heteroatoms. The third-order valence-corrected chi connectivity index (χ3v) is 6.77. The molecule has 0 bridgehead atoms. The number of hydrogen-bond donors (Lipinski definition) is 1. The topological polar surface area (TPSA) is 94.8 Å². The van der Waals surface area contributed by atoms with Crippen LogP contribution < -0.4 is 9.46 Å². The van der Waals surface area contributed by atoms with Crippen molar-refractivity contribution in [2.75, 3.05) is 13.7 Å². The van der Waals surface area contributed by atoms with E-state index in [1.54, 1.807) is 27.0 Å². The monoisotopic (exact) mass is 421 g/mol. The van der Waals surface area contributed by atoms with Gasteiger partial charge in [-0.3, -0.25) is 0 Å². The fourth-order valence-electron chi connectivity index (χ4n) is 3.46. The normalized spacial score (nSPS) is 14.1. The van der Waals surface area contributed by atoms with Crippen LogP contribution in [0.5, 0.6) is 5.75 Å². The van der Waals surface area contributed by atoms with Gasteiger partial charge in [0.2, 0.25) is 10.0 Å². The lowest BCUT2D eigenvalue weighted by Crippen LogP contribution is -2.25. The summed E-state index contributed by atoms with van der Waals surface area (Å²) in [5, 5.41) is 0. The second-order valence-corrected chi connectivity index (χ2v) is 9.03. The molecule has 7 nitrogen and oxygen atoms in total. The van der Waals surface area contributed by atoms with Crippen LogP contribution in [0.1, 0.15) is 52.6 Å². The molecule has 0 unspecified atom stereocenters. The van der Waals surface area contributed by atoms with Gasteiger partial charge in [0, 0.05) is 0 Å². The smallest absolute Gasteiger partial charge is 0.341 e. The van der Waals surface area contributed by atoms with Crippen LogP contribution in [0.25, 0.3) is 0 Å². The summed E-state index contributed by atoms with van der Waals surface area (Å²) < 4.78 is 44.4. The van der Waals surface area contributed by atoms with Gasteiger partial charge in [-0.05, 0) is 74.8 Å². The van der Waals surface area contributed by atoms with E-state index < -0.39 is 16.0 Å². The Morgan fingerprint density at radius 2 is 2.00 bits per heavy atom. The lowest BCUT2D eigenvalue weighted by Gasteiger charge is -2.18. The molecule has 1 N–H and O–H groups in total. The standard InChI is InChI=1S/C21H27NO6S/c1-5-27-21(23)16-10-17(28-12-16)11-22-29(24,25)20-13(2)8-19(26-4)18(14(20)3)9-15-6-7-15/h8,10,12,15,22H,5-7,9,11H2,1-4H3. The molecule has 1 heterocycles. The first-order valence-corrected chi connectivity index (χ1v) is 11.2. The van der Waals surface area contributed by atoms with E-state index in [2.05, 4.69) is 4.72 Å². The van der Waals surface area contributed by atoms with E-state index in [1.165, 1.54) is 12.3 Å². The highest BCUT2D eigenvalue weighted by Gasteiger charge is 2.28. The summed E-state index contributed by atoms with van der Waals surface area (Å²) in [6, 6.07) is 3.26. The molecule has 0 spiro atoms. The molecule has 1 saturated carbocycles. The Hall–Kier alpha value is -2.32. The molecular formula is C21H27NO6S. The Labute approximate surface area is 171 Å². The van der Waals surface area contributed by atoms with Gasteiger partial charge in [0.05, 0.1) is 30.7 Å². The van der Waals surface area contributed by atoms with Crippen molar-refractivity contribution in [1.29, 1.82) is 0 Å². The minimum atomic E-state index is -3.79. The second kappa shape index (κ2) is 8.59. The van der Waals surface area contributed by atoms with E-state index in [4.69, 9.17) is 13.9 Å². The number of sulfonamides is 1. The zero-order chi connectivity index (χ0) is 21.2. The van der Waals surface area contributed by atoms with Crippen LogP contribution in [0.3, 0.4) is 0 Å². The summed E-state index contributed by atoms with van der Waals surface area (Å²) in [7, 11) is -2.18. The summed E-state index contributed by atoms with van der Waals surface area (Å²) in [6.07, 6.45) is 4.41. The van der Waals surface area contributed by atoms with E-state index in [0.29, 0.717) is 22.8 Å². The SMILES string of the molecule is CCOC(=O)c1coc(CNS(=O)(=O)c2c(C)cc(OC)c(CC3CC3)c2C)c1. The zero-order valence-electron chi connectivity index (χ0n) is 17.2. The van der Waals surface area contributed by atoms with E-state index in [9.17, 15) is 13.2 Å². The van der Waals surface area contributed by atoms with Crippen molar-refractivity contribution in [3.8, 4) is 5.75 Å². The van der Waals surface area contributed by atoms with E-state index in [0.717, 1.165) is 30.6 Å². The predicted molar refractivity (Wildman–Crippen MR) is 108 cm³/mol. The van der Waals surface area contributed by atoms with Crippen molar-refractivity contribution in [2.45, 2.75) is 51.5 Å². The van der Waals surface area contributed by atoms with Gasteiger partial charge in [-0.25, -0.2) is 17.9 Å². The molecule has 3 rings (SSSR count). The van der Waals surface area contributed by atoms with Crippen LogP contribution in [0.2, 0.25) is 0 Å². The maximum absolute atomic E-state index is 13.1. The first-order valence-electron chi connectivity index (χ1n) is 9.68. The van der Waals surface area contributed by atoms with Gasteiger partial charge in [0.25, 0.3) is 0 Å². The Balaban J connectivity index is 1.83. The largest absolute Gasteiger partial charge is 0.496 e. The molecule has 2 aromatic rings. The molecule has 0 aliphatic heterocycles. The van der Waals surface area contributed by atoms with Crippen molar-refractivity contribution in [1.82, 2.24) is 4.72 Å². The maximum Gasteiger partial charge on any atom is 0.341 e. The zero-order valence-corrected chi connectivity index (χ0v) is 18.0. The number of nitrogens with one attached hydrogen (secondary N) is 1. The number of esters is 1. The van der Waals surface area contributed by atoms with Crippen LogP contribution >= 0.6 is 0 Å². The Kier molecular flexibility index (Phi) is 6.33. The predicted octanol–water partition coefficient (Wildman–Crippen LogP) is 3.51. The molecular weight excluding hydrogens is 394 g/mol. The Morgan fingerprint density at radius 3 is 2.62 bits per heavy atom. The van der Waals surface area contributed by atoms with Gasteiger partial charge >= 0.3 is 5.97 Å². The second-order valence-electron chi connectivity index (χ2n) is 7.32. The molecule has 1 aromatic carbocycles. The van der Waals surface area contributed by atoms with Gasteiger partial charge in [-0.15, -0.1) is 0 Å². The van der Waals surface area contributed by atoms with Crippen molar-refractivity contribution in [2.24, 2.45) is 5.92 Å². The quantitative estimate of drug-likeness (QED) is 0.623. The van der Waals surface area contributed by atoms with Crippen LogP contribution in [-0.4, -0.2) is 28.1 Å². The number of methoxy groups -OCH3 is 1. The minimum absolute atomic E-state index is 0.0649. The molecule has 1 aliphatic carbocycles. The Bertz CT molecular complexity index is 1000. The molecule has 0 atom stereocenters. The summed E-state index contributed by atoms with van der Waals surface area (Å²) in [6.45, 7) is 5.49. The molecule has 0 saturated heterocycles. The van der Waals surface area contributed by atoms with Gasteiger partial charge in [0.15, 0.2) is 0 Å². The summed E-state index contributed by atoms with van der Waals surface area (Å²) in [4.78, 5) is 12.0. The fraction of sp³-hybridized carbons (Fsp3) is 0.476. The molecule has 158 valence electrons. The summed E-state index contributed by atoms with van der Waals surface area (Å²) in [5.74, 6) is 1.16. The maximum atomic E-state index is 13.1. The lowest BCUT2D eigenvalue weighted by atomic mass is 9.99. The van der Waals surface area contributed by atoms with Crippen molar-refractivity contribution in [3.05, 3.63) is 46.4 Å². The first kappa shape index (κ1) is 21.4. The number of carbonyl (C=O) groups excluding carboxylic acids is 1. The van der Waals surface area contributed by atoms with E-state index in [1.807, 2.05) is 6.92 Å². The van der Waals surface area contributed by atoms with E-state index >= 15 is 0 Å². The number of rotatable bonds is 9. The van der Waals surface area contributed by atoms with Crippen molar-refractivity contribution in [3.63, 3.8) is 0 Å². The van der Waals surface area contributed by atoms with Crippen LogP contribution in [0.4, 0.5) is 0 Å². The summed E-state index contributed by atoms with van der Waals surface area (Å²) in [5.41, 5.74) is 2.54. The van der Waals surface area contributed by atoms with Crippen LogP contribution in [-0.2, 0) is 27.7 Å².